The Balaban J connectivity index is 1.81. The van der Waals surface area contributed by atoms with E-state index < -0.39 is 0 Å². The van der Waals surface area contributed by atoms with E-state index in [0.717, 1.165) is 37.7 Å². The van der Waals surface area contributed by atoms with Gasteiger partial charge in [0.05, 0.1) is 11.7 Å². The molecule has 2 N–H and O–H groups in total. The summed E-state index contributed by atoms with van der Waals surface area (Å²) in [4.78, 5) is 15.0. The van der Waals surface area contributed by atoms with E-state index in [1.165, 1.54) is 0 Å². The molecule has 1 saturated heterocycles. The topological polar surface area (TPSA) is 60.8 Å². The highest BCUT2D eigenvalue weighted by Crippen LogP contribution is 2.38. The fourth-order valence-corrected chi connectivity index (χ4v) is 4.56. The van der Waals surface area contributed by atoms with Crippen LogP contribution in [0.5, 0.6) is 5.75 Å². The lowest BCUT2D eigenvalue weighted by atomic mass is 9.76. The van der Waals surface area contributed by atoms with Gasteiger partial charge in [0, 0.05) is 18.5 Å². The summed E-state index contributed by atoms with van der Waals surface area (Å²) in [5.74, 6) is 1.05. The van der Waals surface area contributed by atoms with Gasteiger partial charge in [-0.15, -0.1) is 0 Å². The van der Waals surface area contributed by atoms with Crippen molar-refractivity contribution >= 4 is 5.91 Å². The number of hydrogen-bond acceptors (Lipinski definition) is 3. The molecule has 1 aliphatic heterocycles. The van der Waals surface area contributed by atoms with Crippen molar-refractivity contribution in [3.63, 3.8) is 0 Å². The second-order valence-corrected chi connectivity index (χ2v) is 8.29. The molecule has 0 spiro atoms. The Bertz CT molecular complexity index is 628. The van der Waals surface area contributed by atoms with Gasteiger partial charge in [-0.2, -0.15) is 0 Å². The third kappa shape index (κ3) is 3.69. The molecule has 1 heterocycles. The Morgan fingerprint density at radius 1 is 1.24 bits per heavy atom. The molecule has 25 heavy (non-hydrogen) atoms. The summed E-state index contributed by atoms with van der Waals surface area (Å²) in [5, 5.41) is 20.8. The first-order chi connectivity index (χ1) is 11.9. The third-order valence-electron chi connectivity index (χ3n) is 6.10. The zero-order chi connectivity index (χ0) is 18.1. The number of aromatic hydroxyl groups is 1. The van der Waals surface area contributed by atoms with Crippen molar-refractivity contribution in [3.8, 4) is 5.75 Å². The van der Waals surface area contributed by atoms with Crippen molar-refractivity contribution in [1.29, 1.82) is 0 Å². The highest BCUT2D eigenvalue weighted by molar-refractivity contribution is 5.97. The van der Waals surface area contributed by atoms with Crippen molar-refractivity contribution in [2.24, 2.45) is 11.8 Å². The molecule has 1 aromatic carbocycles. The predicted octanol–water partition coefficient (Wildman–Crippen LogP) is 3.92. The lowest BCUT2D eigenvalue weighted by molar-refractivity contribution is 0.00853. The smallest absolute Gasteiger partial charge is 0.257 e. The number of benzene rings is 1. The fraction of sp³-hybridized carbons (Fsp3) is 0.667. The number of nitrogens with zero attached hydrogens (tertiary/aromatic N) is 1. The summed E-state index contributed by atoms with van der Waals surface area (Å²) in [6.07, 6.45) is 4.48. The van der Waals surface area contributed by atoms with E-state index in [2.05, 4.69) is 20.8 Å². The molecule has 4 heteroatoms. The van der Waals surface area contributed by atoms with E-state index in [-0.39, 0.29) is 29.7 Å². The normalized spacial score (nSPS) is 30.0. The molecule has 1 aromatic rings. The molecule has 0 bridgehead atoms. The van der Waals surface area contributed by atoms with Gasteiger partial charge >= 0.3 is 0 Å². The largest absolute Gasteiger partial charge is 0.507 e. The number of aliphatic hydroxyl groups is 1. The van der Waals surface area contributed by atoms with Gasteiger partial charge in [-0.1, -0.05) is 26.8 Å². The molecule has 1 aliphatic carbocycles. The van der Waals surface area contributed by atoms with Crippen molar-refractivity contribution in [1.82, 2.24) is 4.90 Å². The minimum atomic E-state index is -0.313. The number of hydrogen-bond donors (Lipinski definition) is 2. The standard InChI is InChI=1S/C21H31NO3/c1-13(2)15-7-8-16(20(24)12-15)21(25)22-10-4-5-18(22)17-11-14(3)6-9-19(17)23/h7-8,12-14,17-19,23-24H,4-6,9-11H2,1-3H3. The van der Waals surface area contributed by atoms with Crippen LogP contribution in [0.2, 0.25) is 0 Å². The van der Waals surface area contributed by atoms with Crippen molar-refractivity contribution in [2.75, 3.05) is 6.54 Å². The van der Waals surface area contributed by atoms with E-state index in [1.807, 2.05) is 11.0 Å². The molecule has 138 valence electrons. The van der Waals surface area contributed by atoms with Gasteiger partial charge in [-0.05, 0) is 61.6 Å². The number of phenols is 1. The Kier molecular flexibility index (Phi) is 5.38. The Labute approximate surface area is 150 Å². The van der Waals surface area contributed by atoms with Crippen LogP contribution in [0.4, 0.5) is 0 Å². The molecule has 0 radical (unpaired) electrons. The van der Waals surface area contributed by atoms with Gasteiger partial charge in [0.2, 0.25) is 0 Å². The highest BCUT2D eigenvalue weighted by Gasteiger charge is 2.41. The van der Waals surface area contributed by atoms with Crippen LogP contribution >= 0.6 is 0 Å². The molecule has 4 atom stereocenters. The van der Waals surface area contributed by atoms with Gasteiger partial charge in [0.15, 0.2) is 0 Å². The fourth-order valence-electron chi connectivity index (χ4n) is 4.56. The maximum atomic E-state index is 13.1. The lowest BCUT2D eigenvalue weighted by Crippen LogP contribution is -2.46. The van der Waals surface area contributed by atoms with Gasteiger partial charge in [-0.25, -0.2) is 0 Å². The van der Waals surface area contributed by atoms with E-state index in [9.17, 15) is 15.0 Å². The van der Waals surface area contributed by atoms with Crippen LogP contribution in [0.1, 0.15) is 74.7 Å². The van der Waals surface area contributed by atoms with Gasteiger partial charge in [0.25, 0.3) is 5.91 Å². The number of rotatable bonds is 3. The summed E-state index contributed by atoms with van der Waals surface area (Å²) >= 11 is 0. The number of likely N-dealkylation sites (tertiary alicyclic amines) is 1. The van der Waals surface area contributed by atoms with Crippen LogP contribution in [0.25, 0.3) is 0 Å². The van der Waals surface area contributed by atoms with Crippen molar-refractivity contribution in [3.05, 3.63) is 29.3 Å². The van der Waals surface area contributed by atoms with Crippen LogP contribution in [0.3, 0.4) is 0 Å². The molecule has 0 aromatic heterocycles. The van der Waals surface area contributed by atoms with Crippen LogP contribution in [0.15, 0.2) is 18.2 Å². The van der Waals surface area contributed by atoms with E-state index in [0.29, 0.717) is 23.9 Å². The Morgan fingerprint density at radius 3 is 2.68 bits per heavy atom. The highest BCUT2D eigenvalue weighted by atomic mass is 16.3. The summed E-state index contributed by atoms with van der Waals surface area (Å²) < 4.78 is 0. The average Bonchev–Trinajstić information content (AvgIpc) is 3.05. The molecular formula is C21H31NO3. The first-order valence-corrected chi connectivity index (χ1v) is 9.70. The monoisotopic (exact) mass is 345 g/mol. The summed E-state index contributed by atoms with van der Waals surface area (Å²) in [5.41, 5.74) is 1.41. The molecule has 3 rings (SSSR count). The zero-order valence-corrected chi connectivity index (χ0v) is 15.6. The Morgan fingerprint density at radius 2 is 2.00 bits per heavy atom. The average molecular weight is 345 g/mol. The third-order valence-corrected chi connectivity index (χ3v) is 6.10. The first-order valence-electron chi connectivity index (χ1n) is 9.70. The second-order valence-electron chi connectivity index (χ2n) is 8.29. The number of amides is 1. The predicted molar refractivity (Wildman–Crippen MR) is 98.8 cm³/mol. The van der Waals surface area contributed by atoms with E-state index in [4.69, 9.17) is 0 Å². The van der Waals surface area contributed by atoms with Crippen molar-refractivity contribution in [2.45, 2.75) is 70.9 Å². The van der Waals surface area contributed by atoms with Crippen LogP contribution < -0.4 is 0 Å². The summed E-state index contributed by atoms with van der Waals surface area (Å²) in [7, 11) is 0. The molecule has 4 unspecified atom stereocenters. The minimum Gasteiger partial charge on any atom is -0.507 e. The number of phenolic OH excluding ortho intramolecular Hbond substituents is 1. The maximum absolute atomic E-state index is 13.1. The van der Waals surface area contributed by atoms with Gasteiger partial charge < -0.3 is 15.1 Å². The van der Waals surface area contributed by atoms with Crippen LogP contribution in [-0.2, 0) is 0 Å². The maximum Gasteiger partial charge on any atom is 0.257 e. The number of carbonyl (C=O) groups excluding carboxylic acids is 1. The molecular weight excluding hydrogens is 314 g/mol. The molecule has 1 saturated carbocycles. The van der Waals surface area contributed by atoms with Crippen molar-refractivity contribution < 1.29 is 15.0 Å². The summed E-state index contributed by atoms with van der Waals surface area (Å²) in [6.45, 7) is 7.08. The number of aliphatic hydroxyl groups excluding tert-OH is 1. The van der Waals surface area contributed by atoms with Gasteiger partial charge in [-0.3, -0.25) is 4.79 Å². The SMILES string of the molecule is CC1CCC(O)C(C2CCCN2C(=O)c2ccc(C(C)C)cc2O)C1. The van der Waals surface area contributed by atoms with E-state index >= 15 is 0 Å². The summed E-state index contributed by atoms with van der Waals surface area (Å²) in [6, 6.07) is 5.48. The quantitative estimate of drug-likeness (QED) is 0.873. The van der Waals surface area contributed by atoms with Gasteiger partial charge in [0.1, 0.15) is 5.75 Å². The second kappa shape index (κ2) is 7.36. The molecule has 2 aliphatic rings. The molecule has 1 amide bonds. The molecule has 2 fully saturated rings. The van der Waals surface area contributed by atoms with E-state index in [1.54, 1.807) is 12.1 Å². The lowest BCUT2D eigenvalue weighted by Gasteiger charge is -2.39. The zero-order valence-electron chi connectivity index (χ0n) is 15.6. The minimum absolute atomic E-state index is 0.0689. The Hall–Kier alpha value is -1.55. The van der Waals surface area contributed by atoms with Crippen LogP contribution in [-0.4, -0.2) is 39.7 Å². The van der Waals surface area contributed by atoms with Crippen LogP contribution in [0, 0.1) is 11.8 Å². The first kappa shape index (κ1) is 18.2. The molecule has 4 nitrogen and oxygen atoms in total. The number of carbonyl (C=O) groups is 1.